The highest BCUT2D eigenvalue weighted by Crippen LogP contribution is 2.35. The van der Waals surface area contributed by atoms with Gasteiger partial charge in [-0.25, -0.2) is 9.78 Å². The van der Waals surface area contributed by atoms with E-state index >= 15 is 0 Å². The van der Waals surface area contributed by atoms with Crippen molar-refractivity contribution in [1.82, 2.24) is 9.97 Å². The van der Waals surface area contributed by atoms with Crippen molar-refractivity contribution in [2.24, 2.45) is 5.92 Å². The fraction of sp³-hybridized carbons (Fsp3) is 0.241. The lowest BCUT2D eigenvalue weighted by molar-refractivity contribution is -0.139. The predicted molar refractivity (Wildman–Crippen MR) is 138 cm³/mol. The molecule has 1 heterocycles. The third-order valence-corrected chi connectivity index (χ3v) is 7.60. The van der Waals surface area contributed by atoms with Crippen LogP contribution in [0.4, 0.5) is 0 Å². The number of H-pyrrole nitrogens is 1. The highest BCUT2D eigenvalue weighted by atomic mass is 32.2. The number of aromatic amines is 1. The molecular weight excluding hydrogens is 456 g/mol. The van der Waals surface area contributed by atoms with Gasteiger partial charge in [0.15, 0.2) is 11.8 Å². The van der Waals surface area contributed by atoms with Crippen molar-refractivity contribution in [3.8, 4) is 5.75 Å². The van der Waals surface area contributed by atoms with Crippen molar-refractivity contribution >= 4 is 17.7 Å². The molecular formula is C29H28N2O3S. The summed E-state index contributed by atoms with van der Waals surface area (Å²) >= 11 is 1.77. The number of aliphatic carboxylic acids is 1. The van der Waals surface area contributed by atoms with E-state index in [9.17, 15) is 4.79 Å². The van der Waals surface area contributed by atoms with Crippen LogP contribution in [0.3, 0.4) is 0 Å². The highest BCUT2D eigenvalue weighted by molar-refractivity contribution is 7.99. The van der Waals surface area contributed by atoms with E-state index in [0.717, 1.165) is 41.4 Å². The first-order chi connectivity index (χ1) is 17.2. The minimum atomic E-state index is -0.952. The molecule has 0 saturated heterocycles. The number of rotatable bonds is 9. The average Bonchev–Trinajstić information content (AvgIpc) is 3.36. The van der Waals surface area contributed by atoms with E-state index in [1.54, 1.807) is 11.8 Å². The van der Waals surface area contributed by atoms with Crippen molar-refractivity contribution < 1.29 is 14.6 Å². The van der Waals surface area contributed by atoms with E-state index in [0.29, 0.717) is 11.7 Å². The summed E-state index contributed by atoms with van der Waals surface area (Å²) in [7, 11) is 0. The summed E-state index contributed by atoms with van der Waals surface area (Å²) in [4.78, 5) is 19.3. The Hall–Kier alpha value is -3.51. The summed E-state index contributed by atoms with van der Waals surface area (Å²) in [6, 6.07) is 27.0. The lowest BCUT2D eigenvalue weighted by atomic mass is 9.84. The monoisotopic (exact) mass is 484 g/mol. The third-order valence-electron chi connectivity index (χ3n) is 6.48. The second kappa shape index (κ2) is 10.8. The normalized spacial score (nSPS) is 15.1. The quantitative estimate of drug-likeness (QED) is 0.287. The number of carboxylic acids is 1. The van der Waals surface area contributed by atoms with Crippen LogP contribution in [0.5, 0.6) is 5.75 Å². The number of aromatic nitrogens is 2. The lowest BCUT2D eigenvalue weighted by Gasteiger charge is -2.25. The Bertz CT molecular complexity index is 1230. The first-order valence-corrected chi connectivity index (χ1v) is 12.9. The molecule has 6 heteroatoms. The molecule has 1 unspecified atom stereocenters. The summed E-state index contributed by atoms with van der Waals surface area (Å²) in [5.41, 5.74) is 5.90. The fourth-order valence-corrected chi connectivity index (χ4v) is 5.82. The van der Waals surface area contributed by atoms with Crippen LogP contribution in [-0.2, 0) is 17.6 Å². The molecule has 1 aromatic heterocycles. The van der Waals surface area contributed by atoms with Gasteiger partial charge in [0.05, 0.1) is 11.6 Å². The molecule has 178 valence electrons. The number of nitrogens with one attached hydrogen (secondary N) is 1. The molecule has 5 nitrogen and oxygen atoms in total. The molecule has 0 bridgehead atoms. The lowest BCUT2D eigenvalue weighted by Crippen LogP contribution is -2.18. The summed E-state index contributed by atoms with van der Waals surface area (Å²) in [5, 5.41) is 9.87. The number of hydrogen-bond donors (Lipinski definition) is 2. The topological polar surface area (TPSA) is 75.2 Å². The molecule has 5 rings (SSSR count). The zero-order valence-corrected chi connectivity index (χ0v) is 20.2. The van der Waals surface area contributed by atoms with E-state index in [4.69, 9.17) is 14.8 Å². The molecule has 4 aromatic rings. The number of carbonyl (C=O) groups is 1. The van der Waals surface area contributed by atoms with Gasteiger partial charge in [-0.15, -0.1) is 0 Å². The molecule has 35 heavy (non-hydrogen) atoms. The van der Waals surface area contributed by atoms with E-state index in [1.165, 1.54) is 16.7 Å². The average molecular weight is 485 g/mol. The Balaban J connectivity index is 1.26. The van der Waals surface area contributed by atoms with Gasteiger partial charge in [0.2, 0.25) is 0 Å². The van der Waals surface area contributed by atoms with Crippen molar-refractivity contribution in [1.29, 1.82) is 0 Å². The van der Waals surface area contributed by atoms with Crippen LogP contribution >= 0.6 is 11.8 Å². The van der Waals surface area contributed by atoms with Crippen molar-refractivity contribution in [2.75, 3.05) is 12.4 Å². The Morgan fingerprint density at radius 2 is 1.74 bits per heavy atom. The first-order valence-electron chi connectivity index (χ1n) is 11.9. The van der Waals surface area contributed by atoms with Gasteiger partial charge in [0.25, 0.3) is 0 Å². The number of hydrogen-bond acceptors (Lipinski definition) is 4. The fourth-order valence-electron chi connectivity index (χ4n) is 4.83. The molecule has 0 fully saturated rings. The SMILES string of the molecule is O=C(O)COc1cccc2c1CCC(CSc1nc(C(c3ccccc3)c3ccccc3)c[nH]1)C2. The molecule has 0 radical (unpaired) electrons. The Morgan fingerprint density at radius 1 is 1.03 bits per heavy atom. The van der Waals surface area contributed by atoms with Gasteiger partial charge in [-0.05, 0) is 53.5 Å². The van der Waals surface area contributed by atoms with E-state index in [-0.39, 0.29) is 12.5 Å². The maximum absolute atomic E-state index is 10.9. The standard InChI is InChI=1S/C29H28N2O3S/c32-27(33)18-34-26-13-7-12-23-16-20(14-15-24(23)26)19-35-29-30-17-25(31-29)28(21-8-3-1-4-9-21)22-10-5-2-6-11-22/h1-13,17,20,28H,14-16,18-19H2,(H,30,31)(H,32,33). The third kappa shape index (κ3) is 5.60. The first kappa shape index (κ1) is 23.2. The van der Waals surface area contributed by atoms with Gasteiger partial charge in [-0.3, -0.25) is 0 Å². The molecule has 1 aliphatic carbocycles. The number of imidazole rings is 1. The van der Waals surface area contributed by atoms with Crippen LogP contribution in [0.1, 0.15) is 40.3 Å². The van der Waals surface area contributed by atoms with Gasteiger partial charge in [0.1, 0.15) is 5.75 Å². The molecule has 1 atom stereocenters. The number of fused-ring (bicyclic) bond motifs is 1. The minimum Gasteiger partial charge on any atom is -0.482 e. The predicted octanol–water partition coefficient (Wildman–Crippen LogP) is 5.95. The molecule has 0 spiro atoms. The molecule has 3 aromatic carbocycles. The summed E-state index contributed by atoms with van der Waals surface area (Å²) < 4.78 is 5.51. The van der Waals surface area contributed by atoms with Gasteiger partial charge in [-0.2, -0.15) is 0 Å². The largest absolute Gasteiger partial charge is 0.482 e. The van der Waals surface area contributed by atoms with Gasteiger partial charge in [-0.1, -0.05) is 84.6 Å². The van der Waals surface area contributed by atoms with Crippen molar-refractivity contribution in [2.45, 2.75) is 30.3 Å². The Labute approximate surface area is 209 Å². The summed E-state index contributed by atoms with van der Waals surface area (Å²) in [6.07, 6.45) is 4.97. The van der Waals surface area contributed by atoms with E-state index in [2.05, 4.69) is 59.6 Å². The van der Waals surface area contributed by atoms with Gasteiger partial charge >= 0.3 is 5.97 Å². The van der Waals surface area contributed by atoms with Crippen molar-refractivity contribution in [3.05, 3.63) is 113 Å². The second-order valence-corrected chi connectivity index (χ2v) is 9.89. The zero-order valence-electron chi connectivity index (χ0n) is 19.4. The highest BCUT2D eigenvalue weighted by Gasteiger charge is 2.23. The number of thioether (sulfide) groups is 1. The smallest absolute Gasteiger partial charge is 0.341 e. The molecule has 0 aliphatic heterocycles. The molecule has 0 amide bonds. The Morgan fingerprint density at radius 3 is 2.43 bits per heavy atom. The number of nitrogens with zero attached hydrogens (tertiary/aromatic N) is 1. The maximum Gasteiger partial charge on any atom is 0.341 e. The number of ether oxygens (including phenoxy) is 1. The van der Waals surface area contributed by atoms with Crippen LogP contribution < -0.4 is 4.74 Å². The molecule has 2 N–H and O–H groups in total. The van der Waals surface area contributed by atoms with Crippen LogP contribution in [-0.4, -0.2) is 33.4 Å². The zero-order chi connectivity index (χ0) is 24.0. The van der Waals surface area contributed by atoms with Gasteiger partial charge in [0, 0.05) is 11.9 Å². The summed E-state index contributed by atoms with van der Waals surface area (Å²) in [5.74, 6) is 1.36. The van der Waals surface area contributed by atoms with Crippen LogP contribution in [0.25, 0.3) is 0 Å². The van der Waals surface area contributed by atoms with E-state index < -0.39 is 5.97 Å². The Kier molecular flexibility index (Phi) is 7.19. The van der Waals surface area contributed by atoms with E-state index in [1.807, 2.05) is 30.5 Å². The number of benzene rings is 3. The van der Waals surface area contributed by atoms with Crippen LogP contribution in [0, 0.1) is 5.92 Å². The second-order valence-electron chi connectivity index (χ2n) is 8.88. The van der Waals surface area contributed by atoms with Crippen molar-refractivity contribution in [3.63, 3.8) is 0 Å². The molecule has 0 saturated carbocycles. The molecule has 1 aliphatic rings. The maximum atomic E-state index is 10.9. The summed E-state index contributed by atoms with van der Waals surface area (Å²) in [6.45, 7) is -0.302. The van der Waals surface area contributed by atoms with Gasteiger partial charge < -0.3 is 14.8 Å². The minimum absolute atomic E-state index is 0.0915. The number of carboxylic acid groups (broad SMARTS) is 1. The van der Waals surface area contributed by atoms with Crippen LogP contribution in [0.15, 0.2) is 90.2 Å². The van der Waals surface area contributed by atoms with Crippen LogP contribution in [0.2, 0.25) is 0 Å².